The van der Waals surface area contributed by atoms with Crippen molar-refractivity contribution in [2.45, 2.75) is 59.5 Å². The maximum absolute atomic E-state index is 4.36. The van der Waals surface area contributed by atoms with E-state index in [1.165, 1.54) is 12.8 Å². The molecule has 0 aromatic carbocycles. The molecule has 0 saturated carbocycles. The summed E-state index contributed by atoms with van der Waals surface area (Å²) in [7, 11) is 0. The molecule has 0 bridgehead atoms. The predicted octanol–water partition coefficient (Wildman–Crippen LogP) is 3.84. The monoisotopic (exact) mass is 288 g/mol. The molecule has 2 aromatic heterocycles. The van der Waals surface area contributed by atoms with Crippen LogP contribution in [0.3, 0.4) is 0 Å². The van der Waals surface area contributed by atoms with E-state index in [2.05, 4.69) is 54.5 Å². The molecule has 0 amide bonds. The number of rotatable bonds is 7. The fraction of sp³-hybridized carbons (Fsp3) is 0.647. The minimum atomic E-state index is 0.199. The number of aromatic nitrogens is 3. The van der Waals surface area contributed by atoms with Gasteiger partial charge in [0, 0.05) is 12.2 Å². The minimum Gasteiger partial charge on any atom is -0.305 e. The number of hydrogen-bond donors (Lipinski definition) is 1. The normalized spacial score (nSPS) is 13.7. The van der Waals surface area contributed by atoms with Gasteiger partial charge in [-0.1, -0.05) is 33.8 Å². The van der Waals surface area contributed by atoms with Crippen LogP contribution in [-0.2, 0) is 0 Å². The number of nitrogens with one attached hydrogen (secondary N) is 1. The molecule has 0 aliphatic heterocycles. The highest BCUT2D eigenvalue weighted by atomic mass is 15.3. The number of hydrogen-bond acceptors (Lipinski definition) is 3. The molecular formula is C17H28N4. The Morgan fingerprint density at radius 3 is 2.29 bits per heavy atom. The Morgan fingerprint density at radius 2 is 1.67 bits per heavy atom. The van der Waals surface area contributed by atoms with E-state index in [4.69, 9.17) is 0 Å². The van der Waals surface area contributed by atoms with Crippen molar-refractivity contribution in [1.82, 2.24) is 19.9 Å². The second-order valence-corrected chi connectivity index (χ2v) is 6.83. The van der Waals surface area contributed by atoms with E-state index in [9.17, 15) is 0 Å². The Kier molecular flexibility index (Phi) is 5.34. The van der Waals surface area contributed by atoms with Gasteiger partial charge < -0.3 is 5.32 Å². The highest BCUT2D eigenvalue weighted by molar-refractivity contribution is 5.37. The predicted molar refractivity (Wildman–Crippen MR) is 87.2 cm³/mol. The van der Waals surface area contributed by atoms with Gasteiger partial charge >= 0.3 is 0 Å². The van der Waals surface area contributed by atoms with Crippen molar-refractivity contribution in [2.24, 2.45) is 11.8 Å². The number of nitrogens with zero attached hydrogens (tertiary/aromatic N) is 3. The molecule has 116 valence electrons. The summed E-state index contributed by atoms with van der Waals surface area (Å²) in [6, 6.07) is 6.72. The van der Waals surface area contributed by atoms with E-state index < -0.39 is 0 Å². The quantitative estimate of drug-likeness (QED) is 0.841. The third-order valence-electron chi connectivity index (χ3n) is 3.72. The Morgan fingerprint density at radius 1 is 1.00 bits per heavy atom. The zero-order valence-corrected chi connectivity index (χ0v) is 13.9. The van der Waals surface area contributed by atoms with Gasteiger partial charge in [0.15, 0.2) is 11.5 Å². The summed E-state index contributed by atoms with van der Waals surface area (Å²) in [5.74, 6) is 2.38. The van der Waals surface area contributed by atoms with E-state index in [0.29, 0.717) is 17.9 Å². The Labute approximate surface area is 128 Å². The molecule has 0 radical (unpaired) electrons. The molecule has 1 unspecified atom stereocenters. The summed E-state index contributed by atoms with van der Waals surface area (Å²) >= 11 is 0. The fourth-order valence-corrected chi connectivity index (χ4v) is 2.95. The standard InChI is InChI=1S/C17H28N4/c1-12(2)10-15(11-13(3)4)18-14(5)17-20-19-16-8-6-7-9-21(16)17/h6-9,12-15,18H,10-11H2,1-5H3. The Bertz CT molecular complexity index is 549. The van der Waals surface area contributed by atoms with Crippen LogP contribution in [0.5, 0.6) is 0 Å². The van der Waals surface area contributed by atoms with Crippen molar-refractivity contribution in [3.63, 3.8) is 0 Å². The smallest absolute Gasteiger partial charge is 0.160 e. The second-order valence-electron chi connectivity index (χ2n) is 6.83. The lowest BCUT2D eigenvalue weighted by Crippen LogP contribution is -2.34. The summed E-state index contributed by atoms with van der Waals surface area (Å²) in [6.07, 6.45) is 4.42. The summed E-state index contributed by atoms with van der Waals surface area (Å²) in [4.78, 5) is 0. The number of pyridine rings is 1. The zero-order chi connectivity index (χ0) is 15.4. The average Bonchev–Trinajstić information content (AvgIpc) is 2.80. The topological polar surface area (TPSA) is 42.2 Å². The van der Waals surface area contributed by atoms with Crippen LogP contribution in [0.2, 0.25) is 0 Å². The first-order valence-corrected chi connectivity index (χ1v) is 8.03. The summed E-state index contributed by atoms with van der Waals surface area (Å²) in [6.45, 7) is 11.3. The van der Waals surface area contributed by atoms with Gasteiger partial charge in [-0.2, -0.15) is 0 Å². The van der Waals surface area contributed by atoms with Gasteiger partial charge in [-0.3, -0.25) is 4.40 Å². The Balaban J connectivity index is 2.12. The second kappa shape index (κ2) is 7.03. The SMILES string of the molecule is CC(C)CC(CC(C)C)NC(C)c1nnc2ccccn12. The van der Waals surface area contributed by atoms with E-state index in [0.717, 1.165) is 11.5 Å². The first kappa shape index (κ1) is 16.0. The van der Waals surface area contributed by atoms with Crippen molar-refractivity contribution in [3.8, 4) is 0 Å². The van der Waals surface area contributed by atoms with Crippen LogP contribution in [0.4, 0.5) is 0 Å². The number of fused-ring (bicyclic) bond motifs is 1. The van der Waals surface area contributed by atoms with Crippen molar-refractivity contribution in [3.05, 3.63) is 30.2 Å². The van der Waals surface area contributed by atoms with Gasteiger partial charge in [0.25, 0.3) is 0 Å². The van der Waals surface area contributed by atoms with Gasteiger partial charge in [0.1, 0.15) is 0 Å². The molecular weight excluding hydrogens is 260 g/mol. The first-order chi connectivity index (χ1) is 9.97. The maximum Gasteiger partial charge on any atom is 0.160 e. The van der Waals surface area contributed by atoms with Crippen LogP contribution in [-0.4, -0.2) is 20.6 Å². The summed E-state index contributed by atoms with van der Waals surface area (Å²) in [5, 5.41) is 12.3. The maximum atomic E-state index is 4.36. The lowest BCUT2D eigenvalue weighted by molar-refractivity contribution is 0.330. The molecule has 0 saturated heterocycles. The Hall–Kier alpha value is -1.42. The lowest BCUT2D eigenvalue weighted by Gasteiger charge is -2.25. The first-order valence-electron chi connectivity index (χ1n) is 8.03. The van der Waals surface area contributed by atoms with E-state index in [1.54, 1.807) is 0 Å². The molecule has 2 heterocycles. The molecule has 4 nitrogen and oxygen atoms in total. The average molecular weight is 288 g/mol. The van der Waals surface area contributed by atoms with E-state index in [1.807, 2.05) is 24.4 Å². The molecule has 0 spiro atoms. The van der Waals surface area contributed by atoms with Crippen molar-refractivity contribution >= 4 is 5.65 Å². The molecule has 0 aliphatic carbocycles. The summed E-state index contributed by atoms with van der Waals surface area (Å²) in [5.41, 5.74) is 0.908. The van der Waals surface area contributed by atoms with E-state index >= 15 is 0 Å². The minimum absolute atomic E-state index is 0.199. The fourth-order valence-electron chi connectivity index (χ4n) is 2.95. The lowest BCUT2D eigenvalue weighted by atomic mass is 9.95. The van der Waals surface area contributed by atoms with Crippen LogP contribution >= 0.6 is 0 Å². The highest BCUT2D eigenvalue weighted by Gasteiger charge is 2.19. The molecule has 2 aromatic rings. The van der Waals surface area contributed by atoms with Crippen LogP contribution in [0, 0.1) is 11.8 Å². The molecule has 1 N–H and O–H groups in total. The van der Waals surface area contributed by atoms with Crippen molar-refractivity contribution in [2.75, 3.05) is 0 Å². The zero-order valence-electron chi connectivity index (χ0n) is 13.9. The van der Waals surface area contributed by atoms with Gasteiger partial charge in [0.2, 0.25) is 0 Å². The molecule has 2 rings (SSSR count). The van der Waals surface area contributed by atoms with Gasteiger partial charge in [-0.15, -0.1) is 10.2 Å². The third kappa shape index (κ3) is 4.27. The highest BCUT2D eigenvalue weighted by Crippen LogP contribution is 2.18. The van der Waals surface area contributed by atoms with Crippen LogP contribution in [0.1, 0.15) is 59.3 Å². The van der Waals surface area contributed by atoms with Gasteiger partial charge in [-0.05, 0) is 43.7 Å². The van der Waals surface area contributed by atoms with Crippen LogP contribution < -0.4 is 5.32 Å². The molecule has 0 fully saturated rings. The van der Waals surface area contributed by atoms with Crippen LogP contribution in [0.15, 0.2) is 24.4 Å². The third-order valence-corrected chi connectivity index (χ3v) is 3.72. The van der Waals surface area contributed by atoms with Gasteiger partial charge in [0.05, 0.1) is 6.04 Å². The van der Waals surface area contributed by atoms with Crippen LogP contribution in [0.25, 0.3) is 5.65 Å². The molecule has 4 heteroatoms. The van der Waals surface area contributed by atoms with Crippen molar-refractivity contribution < 1.29 is 0 Å². The van der Waals surface area contributed by atoms with Crippen molar-refractivity contribution in [1.29, 1.82) is 0 Å². The molecule has 1 atom stereocenters. The largest absolute Gasteiger partial charge is 0.305 e. The van der Waals surface area contributed by atoms with E-state index in [-0.39, 0.29) is 6.04 Å². The van der Waals surface area contributed by atoms with Gasteiger partial charge in [-0.25, -0.2) is 0 Å². The molecule has 21 heavy (non-hydrogen) atoms. The molecule has 0 aliphatic rings. The summed E-state index contributed by atoms with van der Waals surface area (Å²) < 4.78 is 2.07.